The first-order valence-electron chi connectivity index (χ1n) is 9.19. The molecule has 1 N–H and O–H groups in total. The second kappa shape index (κ2) is 8.10. The molecule has 0 unspecified atom stereocenters. The minimum Gasteiger partial charge on any atom is -0.348 e. The molecule has 29 heavy (non-hydrogen) atoms. The maximum Gasteiger partial charge on any atom is 0.274 e. The fourth-order valence-electron chi connectivity index (χ4n) is 3.06. The highest BCUT2D eigenvalue weighted by atomic mass is 19.1. The molecule has 0 spiro atoms. The van der Waals surface area contributed by atoms with Gasteiger partial charge in [0, 0.05) is 11.8 Å². The molecule has 0 saturated carbocycles. The largest absolute Gasteiger partial charge is 0.348 e. The Morgan fingerprint density at radius 1 is 1.10 bits per heavy atom. The van der Waals surface area contributed by atoms with E-state index in [1.807, 2.05) is 43.3 Å². The molecule has 0 aliphatic heterocycles. The average Bonchev–Trinajstić information content (AvgIpc) is 3.38. The van der Waals surface area contributed by atoms with Crippen LogP contribution in [0.4, 0.5) is 4.39 Å². The molecule has 0 bridgehead atoms. The Morgan fingerprint density at radius 3 is 2.62 bits per heavy atom. The van der Waals surface area contributed by atoms with Gasteiger partial charge in [-0.05, 0) is 48.9 Å². The lowest BCUT2D eigenvalue weighted by Gasteiger charge is -2.15. The molecule has 7 heteroatoms. The minimum atomic E-state index is -0.331. The van der Waals surface area contributed by atoms with Crippen LogP contribution in [0.5, 0.6) is 0 Å². The number of hydrogen-bond donors (Lipinski definition) is 1. The van der Waals surface area contributed by atoms with Crippen molar-refractivity contribution < 1.29 is 13.7 Å². The zero-order valence-corrected chi connectivity index (χ0v) is 15.7. The first-order chi connectivity index (χ1) is 14.1. The normalized spacial score (nSPS) is 11.9. The van der Waals surface area contributed by atoms with Crippen LogP contribution in [0.15, 0.2) is 77.4 Å². The fraction of sp³-hybridized carbons (Fsp3) is 0.136. The van der Waals surface area contributed by atoms with Crippen molar-refractivity contribution >= 4 is 5.91 Å². The Bertz CT molecular complexity index is 1100. The predicted molar refractivity (Wildman–Crippen MR) is 106 cm³/mol. The average molecular weight is 390 g/mol. The SMILES string of the molecule is C[C@H](NC(=O)Cn1cccc1-c1nc(-c2ccc(F)cc2)no1)c1ccccc1. The van der Waals surface area contributed by atoms with Crippen LogP contribution in [-0.4, -0.2) is 20.6 Å². The summed E-state index contributed by atoms with van der Waals surface area (Å²) in [7, 11) is 0. The van der Waals surface area contributed by atoms with Crippen molar-refractivity contribution in [3.63, 3.8) is 0 Å². The lowest BCUT2D eigenvalue weighted by molar-refractivity contribution is -0.122. The van der Waals surface area contributed by atoms with Crippen LogP contribution in [-0.2, 0) is 11.3 Å². The summed E-state index contributed by atoms with van der Waals surface area (Å²) in [5.41, 5.74) is 2.32. The second-order valence-electron chi connectivity index (χ2n) is 6.65. The van der Waals surface area contributed by atoms with Gasteiger partial charge in [0.1, 0.15) is 18.1 Å². The lowest BCUT2D eigenvalue weighted by atomic mass is 10.1. The first kappa shape index (κ1) is 18.6. The van der Waals surface area contributed by atoms with Crippen molar-refractivity contribution in [2.45, 2.75) is 19.5 Å². The highest BCUT2D eigenvalue weighted by molar-refractivity contribution is 5.77. The molecule has 2 aromatic heterocycles. The van der Waals surface area contributed by atoms with Crippen LogP contribution in [0, 0.1) is 5.82 Å². The molecule has 0 radical (unpaired) electrons. The number of amides is 1. The van der Waals surface area contributed by atoms with Gasteiger partial charge in [-0.25, -0.2) is 4.39 Å². The van der Waals surface area contributed by atoms with E-state index in [2.05, 4.69) is 15.5 Å². The third kappa shape index (κ3) is 4.24. The highest BCUT2D eigenvalue weighted by Crippen LogP contribution is 2.23. The van der Waals surface area contributed by atoms with Gasteiger partial charge in [-0.1, -0.05) is 35.5 Å². The van der Waals surface area contributed by atoms with Gasteiger partial charge in [-0.2, -0.15) is 4.98 Å². The van der Waals surface area contributed by atoms with Gasteiger partial charge < -0.3 is 14.4 Å². The van der Waals surface area contributed by atoms with Gasteiger partial charge in [0.2, 0.25) is 11.7 Å². The van der Waals surface area contributed by atoms with Crippen molar-refractivity contribution in [3.8, 4) is 23.0 Å². The summed E-state index contributed by atoms with van der Waals surface area (Å²) in [6.07, 6.45) is 1.78. The van der Waals surface area contributed by atoms with Crippen LogP contribution in [0.2, 0.25) is 0 Å². The second-order valence-corrected chi connectivity index (χ2v) is 6.65. The zero-order valence-electron chi connectivity index (χ0n) is 15.7. The number of halogens is 1. The Morgan fingerprint density at radius 2 is 1.86 bits per heavy atom. The lowest BCUT2D eigenvalue weighted by Crippen LogP contribution is -2.30. The number of rotatable bonds is 6. The molecular weight excluding hydrogens is 371 g/mol. The Hall–Kier alpha value is -3.74. The van der Waals surface area contributed by atoms with Crippen LogP contribution in [0.25, 0.3) is 23.0 Å². The molecule has 0 fully saturated rings. The topological polar surface area (TPSA) is 73.0 Å². The summed E-state index contributed by atoms with van der Waals surface area (Å²) in [6, 6.07) is 19.1. The summed E-state index contributed by atoms with van der Waals surface area (Å²) in [5, 5.41) is 6.95. The summed E-state index contributed by atoms with van der Waals surface area (Å²) in [6.45, 7) is 2.06. The first-order valence-corrected chi connectivity index (χ1v) is 9.19. The molecule has 0 aliphatic rings. The number of benzene rings is 2. The van der Waals surface area contributed by atoms with E-state index in [0.29, 0.717) is 23.0 Å². The molecule has 0 aliphatic carbocycles. The van der Waals surface area contributed by atoms with E-state index in [1.54, 1.807) is 29.0 Å². The van der Waals surface area contributed by atoms with E-state index >= 15 is 0 Å². The van der Waals surface area contributed by atoms with E-state index in [4.69, 9.17) is 4.52 Å². The number of nitrogens with one attached hydrogen (secondary N) is 1. The van der Waals surface area contributed by atoms with Crippen LogP contribution in [0.1, 0.15) is 18.5 Å². The summed E-state index contributed by atoms with van der Waals surface area (Å²) in [5.74, 6) is 0.187. The maximum absolute atomic E-state index is 13.1. The van der Waals surface area contributed by atoms with Crippen molar-refractivity contribution in [2.24, 2.45) is 0 Å². The minimum absolute atomic E-state index is 0.101. The van der Waals surface area contributed by atoms with Crippen LogP contribution in [0.3, 0.4) is 0 Å². The van der Waals surface area contributed by atoms with Crippen molar-refractivity contribution in [3.05, 3.63) is 84.3 Å². The van der Waals surface area contributed by atoms with E-state index in [0.717, 1.165) is 5.56 Å². The Labute approximate surface area is 167 Å². The summed E-state index contributed by atoms with van der Waals surface area (Å²) >= 11 is 0. The van der Waals surface area contributed by atoms with Gasteiger partial charge in [0.05, 0.1) is 6.04 Å². The Balaban J connectivity index is 1.47. The third-order valence-electron chi connectivity index (χ3n) is 4.57. The van der Waals surface area contributed by atoms with E-state index in [9.17, 15) is 9.18 Å². The van der Waals surface area contributed by atoms with Gasteiger partial charge in [-0.15, -0.1) is 0 Å². The van der Waals surface area contributed by atoms with Crippen molar-refractivity contribution in [1.29, 1.82) is 0 Å². The highest BCUT2D eigenvalue weighted by Gasteiger charge is 2.16. The smallest absolute Gasteiger partial charge is 0.274 e. The third-order valence-corrected chi connectivity index (χ3v) is 4.57. The van der Waals surface area contributed by atoms with Gasteiger partial charge in [0.15, 0.2) is 0 Å². The molecule has 2 aromatic carbocycles. The summed E-state index contributed by atoms with van der Waals surface area (Å²) in [4.78, 5) is 16.9. The van der Waals surface area contributed by atoms with Crippen molar-refractivity contribution in [1.82, 2.24) is 20.0 Å². The number of aromatic nitrogens is 3. The maximum atomic E-state index is 13.1. The predicted octanol–water partition coefficient (Wildman–Crippen LogP) is 4.22. The molecule has 2 heterocycles. The molecule has 4 rings (SSSR count). The molecule has 146 valence electrons. The number of carbonyl (C=O) groups is 1. The standard InChI is InChI=1S/C22H19FN4O2/c1-15(16-6-3-2-4-7-16)24-20(28)14-27-13-5-8-19(27)22-25-21(26-29-22)17-9-11-18(23)12-10-17/h2-13,15H,14H2,1H3,(H,24,28)/t15-/m0/s1. The van der Waals surface area contributed by atoms with Crippen molar-refractivity contribution in [2.75, 3.05) is 0 Å². The molecule has 0 saturated heterocycles. The monoisotopic (exact) mass is 390 g/mol. The molecule has 1 amide bonds. The quantitative estimate of drug-likeness (QED) is 0.535. The molecule has 1 atom stereocenters. The summed E-state index contributed by atoms with van der Waals surface area (Å²) < 4.78 is 20.2. The molecular formula is C22H19FN4O2. The molecule has 4 aromatic rings. The van der Waals surface area contributed by atoms with E-state index in [-0.39, 0.29) is 24.3 Å². The fourth-order valence-corrected chi connectivity index (χ4v) is 3.06. The van der Waals surface area contributed by atoms with E-state index in [1.165, 1.54) is 12.1 Å². The number of hydrogen-bond acceptors (Lipinski definition) is 4. The molecule has 6 nitrogen and oxygen atoms in total. The Kier molecular flexibility index (Phi) is 5.20. The number of nitrogens with zero attached hydrogens (tertiary/aromatic N) is 3. The van der Waals surface area contributed by atoms with Crippen LogP contribution < -0.4 is 5.32 Å². The zero-order chi connectivity index (χ0) is 20.2. The van der Waals surface area contributed by atoms with Crippen LogP contribution >= 0.6 is 0 Å². The van der Waals surface area contributed by atoms with Gasteiger partial charge >= 0.3 is 0 Å². The number of carbonyl (C=O) groups excluding carboxylic acids is 1. The van der Waals surface area contributed by atoms with Gasteiger partial charge in [0.25, 0.3) is 5.89 Å². The van der Waals surface area contributed by atoms with E-state index < -0.39 is 0 Å². The van der Waals surface area contributed by atoms with Gasteiger partial charge in [-0.3, -0.25) is 4.79 Å².